The van der Waals surface area contributed by atoms with E-state index in [1.165, 1.54) is 31.3 Å². The van der Waals surface area contributed by atoms with Crippen LogP contribution in [0.3, 0.4) is 0 Å². The zero-order chi connectivity index (χ0) is 14.9. The molecule has 2 aromatic rings. The quantitative estimate of drug-likeness (QED) is 0.885. The van der Waals surface area contributed by atoms with Crippen molar-refractivity contribution in [3.05, 3.63) is 54.1 Å². The molecule has 0 aliphatic carbocycles. The SMILES string of the molecule is CN(c1cccc(F)c1)S(=O)(=O)c1cc(N)ccc1F. The third-order valence-electron chi connectivity index (χ3n) is 2.77. The molecule has 0 saturated carbocycles. The van der Waals surface area contributed by atoms with E-state index in [1.807, 2.05) is 0 Å². The van der Waals surface area contributed by atoms with Gasteiger partial charge in [-0.05, 0) is 36.4 Å². The highest BCUT2D eigenvalue weighted by atomic mass is 32.2. The van der Waals surface area contributed by atoms with Crippen LogP contribution < -0.4 is 10.0 Å². The number of hydrogen-bond donors (Lipinski definition) is 1. The van der Waals surface area contributed by atoms with Crippen molar-refractivity contribution < 1.29 is 17.2 Å². The average Bonchev–Trinajstić information content (AvgIpc) is 2.40. The number of nitrogens with two attached hydrogens (primary N) is 1. The lowest BCUT2D eigenvalue weighted by molar-refractivity contribution is 0.566. The van der Waals surface area contributed by atoms with E-state index in [9.17, 15) is 17.2 Å². The minimum Gasteiger partial charge on any atom is -0.399 e. The maximum absolute atomic E-state index is 13.7. The summed E-state index contributed by atoms with van der Waals surface area (Å²) in [5.41, 5.74) is 5.69. The summed E-state index contributed by atoms with van der Waals surface area (Å²) in [5.74, 6) is -1.50. The van der Waals surface area contributed by atoms with Crippen LogP contribution in [0.5, 0.6) is 0 Å². The normalized spacial score (nSPS) is 11.3. The highest BCUT2D eigenvalue weighted by Gasteiger charge is 2.25. The molecule has 4 nitrogen and oxygen atoms in total. The molecule has 0 aliphatic rings. The van der Waals surface area contributed by atoms with Crippen LogP contribution in [-0.2, 0) is 10.0 Å². The van der Waals surface area contributed by atoms with E-state index in [-0.39, 0.29) is 11.4 Å². The van der Waals surface area contributed by atoms with Gasteiger partial charge in [-0.15, -0.1) is 0 Å². The molecule has 2 rings (SSSR count). The van der Waals surface area contributed by atoms with Gasteiger partial charge in [0.15, 0.2) is 0 Å². The summed E-state index contributed by atoms with van der Waals surface area (Å²) in [6.45, 7) is 0. The summed E-state index contributed by atoms with van der Waals surface area (Å²) < 4.78 is 52.3. The Morgan fingerprint density at radius 3 is 2.45 bits per heavy atom. The summed E-state index contributed by atoms with van der Waals surface area (Å²) in [6, 6.07) is 8.27. The molecule has 106 valence electrons. The van der Waals surface area contributed by atoms with Gasteiger partial charge in [-0.3, -0.25) is 4.31 Å². The highest BCUT2D eigenvalue weighted by Crippen LogP contribution is 2.25. The maximum atomic E-state index is 13.7. The van der Waals surface area contributed by atoms with Crippen molar-refractivity contribution >= 4 is 21.4 Å². The van der Waals surface area contributed by atoms with Gasteiger partial charge in [0.1, 0.15) is 16.5 Å². The molecule has 2 N–H and O–H groups in total. The van der Waals surface area contributed by atoms with Crippen LogP contribution in [0, 0.1) is 11.6 Å². The van der Waals surface area contributed by atoms with Crippen LogP contribution in [0.15, 0.2) is 47.4 Å². The molecule has 0 radical (unpaired) electrons. The molecule has 20 heavy (non-hydrogen) atoms. The molecule has 0 heterocycles. The molecular formula is C13H12F2N2O2S. The highest BCUT2D eigenvalue weighted by molar-refractivity contribution is 7.92. The van der Waals surface area contributed by atoms with E-state index < -0.39 is 26.6 Å². The van der Waals surface area contributed by atoms with Crippen LogP contribution in [0.25, 0.3) is 0 Å². The fourth-order valence-electron chi connectivity index (χ4n) is 1.68. The van der Waals surface area contributed by atoms with Gasteiger partial charge in [0, 0.05) is 12.7 Å². The molecule has 0 amide bonds. The third-order valence-corrected chi connectivity index (χ3v) is 4.57. The first-order chi connectivity index (χ1) is 9.32. The molecule has 0 fully saturated rings. The molecule has 0 aliphatic heterocycles. The fourth-order valence-corrected chi connectivity index (χ4v) is 2.96. The minimum atomic E-state index is -4.15. The summed E-state index contributed by atoms with van der Waals surface area (Å²) in [4.78, 5) is -0.552. The second-order valence-electron chi connectivity index (χ2n) is 4.14. The van der Waals surface area contributed by atoms with Crippen LogP contribution in [0.1, 0.15) is 0 Å². The van der Waals surface area contributed by atoms with Gasteiger partial charge in [-0.1, -0.05) is 6.07 Å². The van der Waals surface area contributed by atoms with Gasteiger partial charge < -0.3 is 5.73 Å². The molecule has 0 bridgehead atoms. The summed E-state index contributed by atoms with van der Waals surface area (Å²) in [6.07, 6.45) is 0. The van der Waals surface area contributed by atoms with Crippen molar-refractivity contribution in [1.82, 2.24) is 0 Å². The molecule has 0 unspecified atom stereocenters. The van der Waals surface area contributed by atoms with Crippen LogP contribution in [0.2, 0.25) is 0 Å². The Kier molecular flexibility index (Phi) is 3.63. The van der Waals surface area contributed by atoms with E-state index in [1.54, 1.807) is 0 Å². The topological polar surface area (TPSA) is 63.4 Å². The van der Waals surface area contributed by atoms with E-state index in [0.29, 0.717) is 0 Å². The number of nitrogens with zero attached hydrogens (tertiary/aromatic N) is 1. The Balaban J connectivity index is 2.52. The zero-order valence-electron chi connectivity index (χ0n) is 10.5. The number of nitrogen functional groups attached to an aromatic ring is 1. The average molecular weight is 298 g/mol. The third kappa shape index (κ3) is 2.57. The molecule has 0 spiro atoms. The van der Waals surface area contributed by atoms with Crippen molar-refractivity contribution in [2.24, 2.45) is 0 Å². The smallest absolute Gasteiger partial charge is 0.267 e. The van der Waals surface area contributed by atoms with Crippen LogP contribution in [0.4, 0.5) is 20.2 Å². The molecule has 7 heteroatoms. The molecular weight excluding hydrogens is 286 g/mol. The number of rotatable bonds is 3. The number of hydrogen-bond acceptors (Lipinski definition) is 3. The predicted molar refractivity (Wildman–Crippen MR) is 72.8 cm³/mol. The molecule has 0 aromatic heterocycles. The van der Waals surface area contributed by atoms with E-state index in [0.717, 1.165) is 22.5 Å². The first-order valence-corrected chi connectivity index (χ1v) is 7.06. The number of benzene rings is 2. The number of anilines is 2. The van der Waals surface area contributed by atoms with E-state index >= 15 is 0 Å². The van der Waals surface area contributed by atoms with Crippen molar-refractivity contribution in [1.29, 1.82) is 0 Å². The van der Waals surface area contributed by atoms with Crippen molar-refractivity contribution in [2.75, 3.05) is 17.1 Å². The second-order valence-corrected chi connectivity index (χ2v) is 6.08. The van der Waals surface area contributed by atoms with Gasteiger partial charge in [0.2, 0.25) is 0 Å². The lowest BCUT2D eigenvalue weighted by Gasteiger charge is -2.20. The van der Waals surface area contributed by atoms with Gasteiger partial charge in [0.25, 0.3) is 10.0 Å². The summed E-state index contributed by atoms with van der Waals surface area (Å²) in [5, 5.41) is 0. The molecule has 2 aromatic carbocycles. The van der Waals surface area contributed by atoms with Gasteiger partial charge in [0.05, 0.1) is 5.69 Å². The van der Waals surface area contributed by atoms with Crippen molar-refractivity contribution in [3.8, 4) is 0 Å². The monoisotopic (exact) mass is 298 g/mol. The Morgan fingerprint density at radius 1 is 1.10 bits per heavy atom. The standard InChI is InChI=1S/C13H12F2N2O2S/c1-17(11-4-2-3-9(14)7-11)20(18,19)13-8-10(16)5-6-12(13)15/h2-8H,16H2,1H3. The summed E-state index contributed by atoms with van der Waals surface area (Å²) in [7, 11) is -2.94. The number of sulfonamides is 1. The Labute approximate surface area is 115 Å². The number of halogens is 2. The van der Waals surface area contributed by atoms with Crippen molar-refractivity contribution in [3.63, 3.8) is 0 Å². The first-order valence-electron chi connectivity index (χ1n) is 5.62. The van der Waals surface area contributed by atoms with E-state index in [4.69, 9.17) is 5.73 Å². The zero-order valence-corrected chi connectivity index (χ0v) is 11.4. The van der Waals surface area contributed by atoms with Gasteiger partial charge in [-0.2, -0.15) is 0 Å². The van der Waals surface area contributed by atoms with Crippen LogP contribution in [-0.4, -0.2) is 15.5 Å². The molecule has 0 atom stereocenters. The second kappa shape index (κ2) is 5.09. The fraction of sp³-hybridized carbons (Fsp3) is 0.0769. The maximum Gasteiger partial charge on any atom is 0.267 e. The lowest BCUT2D eigenvalue weighted by Crippen LogP contribution is -2.27. The van der Waals surface area contributed by atoms with Crippen molar-refractivity contribution in [2.45, 2.75) is 4.90 Å². The Bertz CT molecular complexity index is 748. The van der Waals surface area contributed by atoms with Crippen LogP contribution >= 0.6 is 0 Å². The summed E-state index contributed by atoms with van der Waals surface area (Å²) >= 11 is 0. The van der Waals surface area contributed by atoms with E-state index in [2.05, 4.69) is 0 Å². The Morgan fingerprint density at radius 2 is 1.80 bits per heavy atom. The minimum absolute atomic E-state index is 0.0897. The lowest BCUT2D eigenvalue weighted by atomic mass is 10.3. The van der Waals surface area contributed by atoms with Gasteiger partial charge >= 0.3 is 0 Å². The molecule has 0 saturated heterocycles. The van der Waals surface area contributed by atoms with Gasteiger partial charge in [-0.25, -0.2) is 17.2 Å². The first kappa shape index (κ1) is 14.3. The largest absolute Gasteiger partial charge is 0.399 e. The Hall–Kier alpha value is -2.15. The predicted octanol–water partition coefficient (Wildman–Crippen LogP) is 2.37.